The van der Waals surface area contributed by atoms with Crippen molar-refractivity contribution in [2.24, 2.45) is 0 Å². The van der Waals surface area contributed by atoms with Gasteiger partial charge >= 0.3 is 0 Å². The number of rotatable bonds is 2. The van der Waals surface area contributed by atoms with Crippen LogP contribution in [0.2, 0.25) is 0 Å². The summed E-state index contributed by atoms with van der Waals surface area (Å²) in [5.74, 6) is 0.233. The Morgan fingerprint density at radius 2 is 1.81 bits per heavy atom. The van der Waals surface area contributed by atoms with Crippen molar-refractivity contribution in [1.82, 2.24) is 0 Å². The SMILES string of the molecule is CCC1(c2cc(O)cc(O)c2)C=CC=CC1. The van der Waals surface area contributed by atoms with E-state index in [4.69, 9.17) is 0 Å². The van der Waals surface area contributed by atoms with Gasteiger partial charge in [0.25, 0.3) is 0 Å². The molecule has 0 amide bonds. The summed E-state index contributed by atoms with van der Waals surface area (Å²) >= 11 is 0. The van der Waals surface area contributed by atoms with Crippen molar-refractivity contribution in [3.63, 3.8) is 0 Å². The molecule has 1 aromatic rings. The van der Waals surface area contributed by atoms with Crippen molar-refractivity contribution in [2.75, 3.05) is 0 Å². The van der Waals surface area contributed by atoms with Gasteiger partial charge in [0.15, 0.2) is 0 Å². The molecule has 2 N–H and O–H groups in total. The highest BCUT2D eigenvalue weighted by Gasteiger charge is 2.28. The van der Waals surface area contributed by atoms with Gasteiger partial charge in [-0.25, -0.2) is 0 Å². The second-order valence-corrected chi connectivity index (χ2v) is 4.24. The van der Waals surface area contributed by atoms with Gasteiger partial charge in [0.05, 0.1) is 0 Å². The topological polar surface area (TPSA) is 40.5 Å². The maximum atomic E-state index is 9.53. The van der Waals surface area contributed by atoms with Crippen molar-refractivity contribution in [1.29, 1.82) is 0 Å². The zero-order valence-corrected chi connectivity index (χ0v) is 9.35. The summed E-state index contributed by atoms with van der Waals surface area (Å²) < 4.78 is 0. The van der Waals surface area contributed by atoms with Gasteiger partial charge in [-0.15, -0.1) is 0 Å². The molecule has 16 heavy (non-hydrogen) atoms. The van der Waals surface area contributed by atoms with Gasteiger partial charge in [0.1, 0.15) is 11.5 Å². The molecule has 1 atom stereocenters. The fourth-order valence-electron chi connectivity index (χ4n) is 2.23. The van der Waals surface area contributed by atoms with Crippen LogP contribution in [0.5, 0.6) is 11.5 Å². The lowest BCUT2D eigenvalue weighted by molar-refractivity contribution is 0.441. The molecule has 0 bridgehead atoms. The summed E-state index contributed by atoms with van der Waals surface area (Å²) in [7, 11) is 0. The molecule has 0 aromatic heterocycles. The molecule has 1 aromatic carbocycles. The molecule has 2 heteroatoms. The minimum absolute atomic E-state index is 0.0923. The largest absolute Gasteiger partial charge is 0.508 e. The average molecular weight is 216 g/mol. The van der Waals surface area contributed by atoms with E-state index in [1.54, 1.807) is 12.1 Å². The lowest BCUT2D eigenvalue weighted by Crippen LogP contribution is -2.22. The first-order chi connectivity index (χ1) is 7.66. The number of allylic oxidation sites excluding steroid dienone is 4. The van der Waals surface area contributed by atoms with Crippen molar-refractivity contribution in [2.45, 2.75) is 25.2 Å². The van der Waals surface area contributed by atoms with E-state index in [9.17, 15) is 10.2 Å². The molecule has 2 rings (SSSR count). The van der Waals surface area contributed by atoms with Crippen LogP contribution >= 0.6 is 0 Å². The normalized spacial score (nSPS) is 23.6. The molecule has 0 saturated heterocycles. The Morgan fingerprint density at radius 3 is 2.31 bits per heavy atom. The molecule has 1 aliphatic carbocycles. The van der Waals surface area contributed by atoms with Crippen LogP contribution in [0.3, 0.4) is 0 Å². The van der Waals surface area contributed by atoms with Crippen molar-refractivity contribution < 1.29 is 10.2 Å². The number of aromatic hydroxyl groups is 2. The Kier molecular flexibility index (Phi) is 2.73. The molecular weight excluding hydrogens is 200 g/mol. The molecule has 0 fully saturated rings. The Balaban J connectivity index is 2.48. The lowest BCUT2D eigenvalue weighted by atomic mass is 9.73. The fourth-order valence-corrected chi connectivity index (χ4v) is 2.23. The molecular formula is C14H16O2. The molecule has 2 nitrogen and oxygen atoms in total. The zero-order chi connectivity index (χ0) is 11.6. The number of phenolic OH excluding ortho intramolecular Hbond substituents is 2. The molecule has 1 aliphatic rings. The van der Waals surface area contributed by atoms with Gasteiger partial charge in [0.2, 0.25) is 0 Å². The number of phenols is 2. The minimum atomic E-state index is -0.0923. The first-order valence-corrected chi connectivity index (χ1v) is 5.54. The Morgan fingerprint density at radius 1 is 1.12 bits per heavy atom. The maximum Gasteiger partial charge on any atom is 0.119 e. The summed E-state index contributed by atoms with van der Waals surface area (Å²) in [5, 5.41) is 19.1. The predicted molar refractivity (Wildman–Crippen MR) is 64.6 cm³/mol. The maximum absolute atomic E-state index is 9.53. The van der Waals surface area contributed by atoms with Crippen LogP contribution in [-0.4, -0.2) is 10.2 Å². The summed E-state index contributed by atoms with van der Waals surface area (Å²) in [6.45, 7) is 2.12. The highest BCUT2D eigenvalue weighted by Crippen LogP contribution is 2.38. The monoisotopic (exact) mass is 216 g/mol. The third-order valence-electron chi connectivity index (χ3n) is 3.25. The molecule has 0 saturated carbocycles. The van der Waals surface area contributed by atoms with Crippen molar-refractivity contribution >= 4 is 0 Å². The van der Waals surface area contributed by atoms with Crippen LogP contribution < -0.4 is 0 Å². The summed E-state index contributed by atoms with van der Waals surface area (Å²) in [6.07, 6.45) is 10.1. The van der Waals surface area contributed by atoms with Crippen LogP contribution in [0.4, 0.5) is 0 Å². The lowest BCUT2D eigenvalue weighted by Gasteiger charge is -2.30. The van der Waals surface area contributed by atoms with E-state index in [1.165, 1.54) is 6.07 Å². The number of hydrogen-bond acceptors (Lipinski definition) is 2. The average Bonchev–Trinajstić information content (AvgIpc) is 2.28. The van der Waals surface area contributed by atoms with E-state index < -0.39 is 0 Å². The van der Waals surface area contributed by atoms with E-state index in [-0.39, 0.29) is 16.9 Å². The minimum Gasteiger partial charge on any atom is -0.508 e. The van der Waals surface area contributed by atoms with Gasteiger partial charge in [-0.05, 0) is 30.5 Å². The third-order valence-corrected chi connectivity index (χ3v) is 3.25. The van der Waals surface area contributed by atoms with Gasteiger partial charge in [-0.3, -0.25) is 0 Å². The first kappa shape index (κ1) is 10.8. The van der Waals surface area contributed by atoms with Crippen molar-refractivity contribution in [3.8, 4) is 11.5 Å². The number of benzene rings is 1. The second-order valence-electron chi connectivity index (χ2n) is 4.24. The molecule has 0 spiro atoms. The summed E-state index contributed by atoms with van der Waals surface area (Å²) in [5.41, 5.74) is 0.874. The van der Waals surface area contributed by atoms with Crippen LogP contribution in [0.15, 0.2) is 42.5 Å². The smallest absolute Gasteiger partial charge is 0.119 e. The molecule has 1 unspecified atom stereocenters. The first-order valence-electron chi connectivity index (χ1n) is 5.54. The number of hydrogen-bond donors (Lipinski definition) is 2. The third kappa shape index (κ3) is 1.83. The quantitative estimate of drug-likeness (QED) is 0.796. The van der Waals surface area contributed by atoms with Crippen LogP contribution in [-0.2, 0) is 5.41 Å². The Bertz CT molecular complexity index is 426. The molecule has 0 radical (unpaired) electrons. The van der Waals surface area contributed by atoms with Crippen LogP contribution in [0, 0.1) is 0 Å². The summed E-state index contributed by atoms with van der Waals surface area (Å²) in [4.78, 5) is 0. The van der Waals surface area contributed by atoms with Crippen LogP contribution in [0.25, 0.3) is 0 Å². The standard InChI is InChI=1S/C14H16O2/c1-2-14(6-4-3-5-7-14)11-8-12(15)10-13(16)9-11/h3-6,8-10,15-16H,2,7H2,1H3. The van der Waals surface area contributed by atoms with E-state index in [0.29, 0.717) is 0 Å². The molecule has 0 heterocycles. The van der Waals surface area contributed by atoms with Gasteiger partial charge in [-0.2, -0.15) is 0 Å². The van der Waals surface area contributed by atoms with E-state index in [1.807, 2.05) is 12.2 Å². The Hall–Kier alpha value is -1.70. The highest BCUT2D eigenvalue weighted by atomic mass is 16.3. The van der Waals surface area contributed by atoms with Crippen LogP contribution in [0.1, 0.15) is 25.3 Å². The predicted octanol–water partition coefficient (Wildman–Crippen LogP) is 3.26. The Labute approximate surface area is 95.6 Å². The fraction of sp³-hybridized carbons (Fsp3) is 0.286. The zero-order valence-electron chi connectivity index (χ0n) is 9.35. The van der Waals surface area contributed by atoms with Gasteiger partial charge < -0.3 is 10.2 Å². The molecule has 0 aliphatic heterocycles. The summed E-state index contributed by atoms with van der Waals surface area (Å²) in [6, 6.07) is 4.81. The second kappa shape index (κ2) is 4.05. The molecule has 84 valence electrons. The highest BCUT2D eigenvalue weighted by molar-refractivity contribution is 5.44. The van der Waals surface area contributed by atoms with E-state index in [2.05, 4.69) is 19.1 Å². The van der Waals surface area contributed by atoms with Gasteiger partial charge in [0, 0.05) is 11.5 Å². The van der Waals surface area contributed by atoms with E-state index in [0.717, 1.165) is 18.4 Å². The van der Waals surface area contributed by atoms with Gasteiger partial charge in [-0.1, -0.05) is 31.2 Å². The van der Waals surface area contributed by atoms with E-state index >= 15 is 0 Å². The van der Waals surface area contributed by atoms with Crippen molar-refractivity contribution in [3.05, 3.63) is 48.1 Å².